The first kappa shape index (κ1) is 21.9. The Morgan fingerprint density at radius 3 is 2.31 bits per heavy atom. The molecular formula is C22H28N2O3S2. The van der Waals surface area contributed by atoms with Crippen LogP contribution < -0.4 is 5.32 Å². The Labute approximate surface area is 177 Å². The van der Waals surface area contributed by atoms with E-state index in [1.165, 1.54) is 0 Å². The Bertz CT molecular complexity index is 919. The van der Waals surface area contributed by atoms with Gasteiger partial charge in [-0.1, -0.05) is 31.9 Å². The number of carbonyl (C=O) groups is 1. The van der Waals surface area contributed by atoms with Gasteiger partial charge < -0.3 is 5.32 Å². The van der Waals surface area contributed by atoms with Crippen molar-refractivity contribution in [3.63, 3.8) is 0 Å². The summed E-state index contributed by atoms with van der Waals surface area (Å²) in [6.07, 6.45) is 5.00. The van der Waals surface area contributed by atoms with Gasteiger partial charge in [-0.15, -0.1) is 11.8 Å². The van der Waals surface area contributed by atoms with Crippen molar-refractivity contribution < 1.29 is 13.2 Å². The van der Waals surface area contributed by atoms with Gasteiger partial charge >= 0.3 is 0 Å². The van der Waals surface area contributed by atoms with Crippen molar-refractivity contribution in [2.45, 2.75) is 48.8 Å². The molecule has 2 aromatic carbocycles. The molecule has 0 aromatic heterocycles. The summed E-state index contributed by atoms with van der Waals surface area (Å²) in [5.74, 6) is 0.764. The largest absolute Gasteiger partial charge is 0.322 e. The standard InChI is InChI=1S/C22H28N2O3S2/c1-2-17-28-21-10-6-5-9-20(21)22(25)23-18-11-13-19(14-12-18)29(26,27)24-15-7-3-4-8-16-24/h5-6,9-14H,2-4,7-8,15-17H2,1H3,(H,23,25). The predicted molar refractivity (Wildman–Crippen MR) is 119 cm³/mol. The Morgan fingerprint density at radius 1 is 1.00 bits per heavy atom. The van der Waals surface area contributed by atoms with Gasteiger partial charge in [-0.25, -0.2) is 8.42 Å². The number of nitrogens with one attached hydrogen (secondary N) is 1. The van der Waals surface area contributed by atoms with E-state index in [0.717, 1.165) is 42.8 Å². The summed E-state index contributed by atoms with van der Waals surface area (Å²) < 4.78 is 27.3. The zero-order valence-corrected chi connectivity index (χ0v) is 18.4. The third kappa shape index (κ3) is 5.62. The van der Waals surface area contributed by atoms with Crippen molar-refractivity contribution in [3.05, 3.63) is 54.1 Å². The summed E-state index contributed by atoms with van der Waals surface area (Å²) in [5, 5.41) is 2.88. The van der Waals surface area contributed by atoms with E-state index in [1.807, 2.05) is 24.3 Å². The topological polar surface area (TPSA) is 66.5 Å². The second kappa shape index (κ2) is 10.3. The summed E-state index contributed by atoms with van der Waals surface area (Å²) in [6, 6.07) is 14.0. The van der Waals surface area contributed by atoms with Crippen LogP contribution in [0.1, 0.15) is 49.4 Å². The fourth-order valence-corrected chi connectivity index (χ4v) is 5.76. The molecule has 1 heterocycles. The molecule has 3 rings (SSSR count). The van der Waals surface area contributed by atoms with Crippen LogP contribution in [0.5, 0.6) is 0 Å². The number of sulfonamides is 1. The average Bonchev–Trinajstić information content (AvgIpc) is 3.03. The number of hydrogen-bond donors (Lipinski definition) is 1. The molecule has 7 heteroatoms. The maximum atomic E-state index is 12.9. The average molecular weight is 433 g/mol. The highest BCUT2D eigenvalue weighted by atomic mass is 32.2. The molecule has 0 bridgehead atoms. The molecule has 1 aliphatic heterocycles. The van der Waals surface area contributed by atoms with Crippen LogP contribution in [0.25, 0.3) is 0 Å². The fourth-order valence-electron chi connectivity index (χ4n) is 3.33. The van der Waals surface area contributed by atoms with E-state index in [-0.39, 0.29) is 10.8 Å². The molecule has 1 fully saturated rings. The number of nitrogens with zero attached hydrogens (tertiary/aromatic N) is 1. The van der Waals surface area contributed by atoms with Gasteiger partial charge in [0.2, 0.25) is 10.0 Å². The molecule has 29 heavy (non-hydrogen) atoms. The lowest BCUT2D eigenvalue weighted by Gasteiger charge is -2.20. The molecule has 1 aliphatic rings. The SMILES string of the molecule is CCCSc1ccccc1C(=O)Nc1ccc(S(=O)(=O)N2CCCCCC2)cc1. The van der Waals surface area contributed by atoms with Crippen LogP contribution in [-0.4, -0.2) is 37.5 Å². The van der Waals surface area contributed by atoms with Crippen molar-refractivity contribution in [3.8, 4) is 0 Å². The molecule has 0 spiro atoms. The lowest BCUT2D eigenvalue weighted by Crippen LogP contribution is -2.31. The molecule has 156 valence electrons. The zero-order chi connectivity index (χ0) is 20.7. The molecule has 1 N–H and O–H groups in total. The number of benzene rings is 2. The number of anilines is 1. The molecule has 5 nitrogen and oxygen atoms in total. The van der Waals surface area contributed by atoms with E-state index in [4.69, 9.17) is 0 Å². The van der Waals surface area contributed by atoms with Gasteiger partial charge in [-0.3, -0.25) is 4.79 Å². The zero-order valence-electron chi connectivity index (χ0n) is 16.8. The Kier molecular flexibility index (Phi) is 7.75. The van der Waals surface area contributed by atoms with Gasteiger partial charge in [0.25, 0.3) is 5.91 Å². The highest BCUT2D eigenvalue weighted by Crippen LogP contribution is 2.25. The second-order valence-electron chi connectivity index (χ2n) is 7.14. The van der Waals surface area contributed by atoms with Crippen molar-refractivity contribution in [1.82, 2.24) is 4.31 Å². The third-order valence-electron chi connectivity index (χ3n) is 4.91. The number of thioether (sulfide) groups is 1. The summed E-state index contributed by atoms with van der Waals surface area (Å²) in [6.45, 7) is 3.26. The Balaban J connectivity index is 1.71. The van der Waals surface area contributed by atoms with E-state index in [0.29, 0.717) is 24.3 Å². The molecule has 0 atom stereocenters. The van der Waals surface area contributed by atoms with Crippen molar-refractivity contribution in [1.29, 1.82) is 0 Å². The Hall–Kier alpha value is -1.83. The molecule has 0 radical (unpaired) electrons. The molecule has 0 saturated carbocycles. The van der Waals surface area contributed by atoms with Gasteiger partial charge in [-0.2, -0.15) is 4.31 Å². The minimum atomic E-state index is -3.48. The van der Waals surface area contributed by atoms with Gasteiger partial charge in [0, 0.05) is 23.7 Å². The van der Waals surface area contributed by atoms with Crippen LogP contribution >= 0.6 is 11.8 Å². The van der Waals surface area contributed by atoms with Crippen LogP contribution in [0.15, 0.2) is 58.3 Å². The summed E-state index contributed by atoms with van der Waals surface area (Å²) in [5.41, 5.74) is 1.22. The van der Waals surface area contributed by atoms with Gasteiger partial charge in [-0.05, 0) is 61.4 Å². The van der Waals surface area contributed by atoms with Crippen molar-refractivity contribution >= 4 is 33.4 Å². The number of hydrogen-bond acceptors (Lipinski definition) is 4. The predicted octanol–water partition coefficient (Wildman–Crippen LogP) is 5.01. The highest BCUT2D eigenvalue weighted by molar-refractivity contribution is 7.99. The minimum absolute atomic E-state index is 0.188. The molecule has 1 amide bonds. The van der Waals surface area contributed by atoms with E-state index in [2.05, 4.69) is 12.2 Å². The van der Waals surface area contributed by atoms with Crippen LogP contribution in [0.3, 0.4) is 0 Å². The lowest BCUT2D eigenvalue weighted by atomic mass is 10.2. The third-order valence-corrected chi connectivity index (χ3v) is 8.10. The molecule has 1 saturated heterocycles. The van der Waals surface area contributed by atoms with Gasteiger partial charge in [0.05, 0.1) is 10.5 Å². The second-order valence-corrected chi connectivity index (χ2v) is 10.2. The minimum Gasteiger partial charge on any atom is -0.322 e. The van der Waals surface area contributed by atoms with E-state index in [1.54, 1.807) is 40.3 Å². The van der Waals surface area contributed by atoms with E-state index < -0.39 is 10.0 Å². The quantitative estimate of drug-likeness (QED) is 0.625. The first-order valence-corrected chi connectivity index (χ1v) is 12.6. The monoisotopic (exact) mass is 432 g/mol. The summed E-state index contributed by atoms with van der Waals surface area (Å²) in [7, 11) is -3.48. The first-order chi connectivity index (χ1) is 14.0. The van der Waals surface area contributed by atoms with Gasteiger partial charge in [0.15, 0.2) is 0 Å². The molecule has 2 aromatic rings. The number of amides is 1. The number of rotatable bonds is 7. The van der Waals surface area contributed by atoms with E-state index >= 15 is 0 Å². The molecule has 0 aliphatic carbocycles. The Morgan fingerprint density at radius 2 is 1.66 bits per heavy atom. The van der Waals surface area contributed by atoms with Gasteiger partial charge in [0.1, 0.15) is 0 Å². The van der Waals surface area contributed by atoms with Crippen LogP contribution in [0.4, 0.5) is 5.69 Å². The fraction of sp³-hybridized carbons (Fsp3) is 0.409. The molecule has 0 unspecified atom stereocenters. The van der Waals surface area contributed by atoms with E-state index in [9.17, 15) is 13.2 Å². The normalized spacial score (nSPS) is 15.6. The van der Waals surface area contributed by atoms with Crippen LogP contribution in [0.2, 0.25) is 0 Å². The smallest absolute Gasteiger partial charge is 0.256 e. The summed E-state index contributed by atoms with van der Waals surface area (Å²) >= 11 is 1.66. The molecular weight excluding hydrogens is 404 g/mol. The maximum absolute atomic E-state index is 12.9. The van der Waals surface area contributed by atoms with Crippen molar-refractivity contribution in [2.75, 3.05) is 24.2 Å². The maximum Gasteiger partial charge on any atom is 0.256 e. The van der Waals surface area contributed by atoms with Crippen LogP contribution in [0, 0.1) is 0 Å². The lowest BCUT2D eigenvalue weighted by molar-refractivity contribution is 0.102. The first-order valence-electron chi connectivity index (χ1n) is 10.2. The number of carbonyl (C=O) groups excluding carboxylic acids is 1. The van der Waals surface area contributed by atoms with Crippen molar-refractivity contribution in [2.24, 2.45) is 0 Å². The highest BCUT2D eigenvalue weighted by Gasteiger charge is 2.25. The summed E-state index contributed by atoms with van der Waals surface area (Å²) in [4.78, 5) is 13.9. The van der Waals surface area contributed by atoms with Crippen LogP contribution in [-0.2, 0) is 10.0 Å².